The van der Waals surface area contributed by atoms with Gasteiger partial charge >= 0.3 is 0 Å². The first kappa shape index (κ1) is 15.6. The molecule has 0 aliphatic rings. The third kappa shape index (κ3) is 33.1. The van der Waals surface area contributed by atoms with Gasteiger partial charge in [-0.1, -0.05) is 12.2 Å². The molecule has 0 rings (SSSR count). The molecular formula is C7H18N2O2S2. The van der Waals surface area contributed by atoms with Crippen molar-refractivity contribution < 1.29 is 10.2 Å². The zero-order valence-corrected chi connectivity index (χ0v) is 9.61. The molecule has 2 atom stereocenters. The van der Waals surface area contributed by atoms with Crippen molar-refractivity contribution in [1.82, 2.24) is 5.32 Å². The first-order valence-corrected chi connectivity index (χ1v) is 4.77. The van der Waals surface area contributed by atoms with E-state index in [-0.39, 0.29) is 16.5 Å². The molecule has 80 valence electrons. The molecule has 0 aromatic carbocycles. The minimum atomic E-state index is -0.330. The van der Waals surface area contributed by atoms with Gasteiger partial charge in [0.1, 0.15) is 4.32 Å². The number of thiol groups is 1. The zero-order chi connectivity index (χ0) is 10.9. The highest BCUT2D eigenvalue weighted by atomic mass is 32.1. The van der Waals surface area contributed by atoms with Crippen molar-refractivity contribution in [2.75, 3.05) is 13.1 Å². The summed E-state index contributed by atoms with van der Waals surface area (Å²) < 4.78 is 0.194. The molecule has 0 radical (unpaired) electrons. The van der Waals surface area contributed by atoms with Crippen LogP contribution in [0.25, 0.3) is 0 Å². The van der Waals surface area contributed by atoms with Gasteiger partial charge in [-0.3, -0.25) is 0 Å². The highest BCUT2D eigenvalue weighted by Gasteiger charge is 1.96. The number of aliphatic hydroxyl groups is 2. The topological polar surface area (TPSA) is 78.5 Å². The minimum Gasteiger partial charge on any atom is -0.392 e. The summed E-state index contributed by atoms with van der Waals surface area (Å²) in [6, 6.07) is 0. The Morgan fingerprint density at radius 3 is 1.77 bits per heavy atom. The molecule has 0 amide bonds. The Balaban J connectivity index is 0. The summed E-state index contributed by atoms with van der Waals surface area (Å²) in [6.45, 7) is 4.50. The Labute approximate surface area is 89.9 Å². The van der Waals surface area contributed by atoms with Crippen molar-refractivity contribution in [3.8, 4) is 0 Å². The van der Waals surface area contributed by atoms with Crippen LogP contribution < -0.4 is 11.1 Å². The number of rotatable bonds is 4. The second kappa shape index (κ2) is 10.2. The maximum atomic E-state index is 8.72. The number of nitrogens with two attached hydrogens (primary N) is 1. The number of hydrogen-bond acceptors (Lipinski definition) is 4. The van der Waals surface area contributed by atoms with Gasteiger partial charge in [0, 0.05) is 13.1 Å². The largest absolute Gasteiger partial charge is 0.392 e. The van der Waals surface area contributed by atoms with Gasteiger partial charge < -0.3 is 21.3 Å². The van der Waals surface area contributed by atoms with E-state index in [4.69, 9.17) is 15.9 Å². The third-order valence-electron chi connectivity index (χ3n) is 0.879. The highest BCUT2D eigenvalue weighted by Crippen LogP contribution is 1.77. The molecule has 0 heterocycles. The van der Waals surface area contributed by atoms with Crippen molar-refractivity contribution >= 4 is 29.2 Å². The van der Waals surface area contributed by atoms with Crippen LogP contribution in [0.3, 0.4) is 0 Å². The monoisotopic (exact) mass is 226 g/mol. The van der Waals surface area contributed by atoms with Crippen LogP contribution in [-0.2, 0) is 0 Å². The smallest absolute Gasteiger partial charge is 0.128 e. The van der Waals surface area contributed by atoms with E-state index in [0.717, 1.165) is 0 Å². The van der Waals surface area contributed by atoms with Gasteiger partial charge in [0.2, 0.25) is 0 Å². The molecule has 2 unspecified atom stereocenters. The fraction of sp³-hybridized carbons (Fsp3) is 0.857. The molecule has 0 fully saturated rings. The molecule has 0 spiro atoms. The Hall–Kier alpha value is 0.120. The van der Waals surface area contributed by atoms with Gasteiger partial charge in [0.05, 0.1) is 12.2 Å². The molecule has 4 nitrogen and oxygen atoms in total. The Bertz CT molecular complexity index is 120. The SMILES string of the molecule is CC(O)CNCC(C)O.NC(=S)S. The van der Waals surface area contributed by atoms with Gasteiger partial charge in [-0.25, -0.2) is 0 Å². The van der Waals surface area contributed by atoms with Crippen LogP contribution in [0.4, 0.5) is 0 Å². The number of nitrogens with one attached hydrogen (secondary N) is 1. The van der Waals surface area contributed by atoms with Crippen molar-refractivity contribution in [3.63, 3.8) is 0 Å². The molecule has 0 aliphatic heterocycles. The summed E-state index contributed by atoms with van der Waals surface area (Å²) >= 11 is 7.65. The lowest BCUT2D eigenvalue weighted by atomic mass is 10.3. The molecule has 0 aliphatic carbocycles. The van der Waals surface area contributed by atoms with Crippen LogP contribution >= 0.6 is 24.8 Å². The van der Waals surface area contributed by atoms with Gasteiger partial charge in [0.25, 0.3) is 0 Å². The van der Waals surface area contributed by atoms with Crippen LogP contribution in [0.1, 0.15) is 13.8 Å². The Morgan fingerprint density at radius 2 is 1.62 bits per heavy atom. The van der Waals surface area contributed by atoms with Gasteiger partial charge in [-0.05, 0) is 13.8 Å². The fourth-order valence-corrected chi connectivity index (χ4v) is 0.501. The normalized spacial score (nSPS) is 13.9. The van der Waals surface area contributed by atoms with Crippen LogP contribution in [-0.4, -0.2) is 39.8 Å². The zero-order valence-electron chi connectivity index (χ0n) is 7.90. The molecule has 0 bridgehead atoms. The van der Waals surface area contributed by atoms with Crippen LogP contribution in [0, 0.1) is 0 Å². The van der Waals surface area contributed by atoms with E-state index in [1.165, 1.54) is 0 Å². The average molecular weight is 226 g/mol. The second-order valence-corrected chi connectivity index (χ2v) is 3.92. The summed E-state index contributed by atoms with van der Waals surface area (Å²) in [6.07, 6.45) is -0.660. The minimum absolute atomic E-state index is 0.194. The molecule has 5 N–H and O–H groups in total. The third-order valence-corrected chi connectivity index (χ3v) is 0.879. The van der Waals surface area contributed by atoms with Crippen LogP contribution in [0.2, 0.25) is 0 Å². The molecule has 0 aromatic heterocycles. The number of hydrogen-bond donors (Lipinski definition) is 5. The van der Waals surface area contributed by atoms with Gasteiger partial charge in [0.15, 0.2) is 0 Å². The van der Waals surface area contributed by atoms with Crippen molar-refractivity contribution in [1.29, 1.82) is 0 Å². The molecular weight excluding hydrogens is 208 g/mol. The lowest BCUT2D eigenvalue weighted by Crippen LogP contribution is -2.30. The predicted octanol–water partition coefficient (Wildman–Crippen LogP) is -0.503. The summed E-state index contributed by atoms with van der Waals surface area (Å²) in [5, 5.41) is 20.3. The lowest BCUT2D eigenvalue weighted by Gasteiger charge is -2.07. The maximum absolute atomic E-state index is 8.72. The van der Waals surface area contributed by atoms with E-state index in [1.54, 1.807) is 13.8 Å². The van der Waals surface area contributed by atoms with Crippen molar-refractivity contribution in [2.45, 2.75) is 26.1 Å². The standard InChI is InChI=1S/C6H15NO2.CH3NS2/c1-5(8)3-7-4-6(2)9;2-1(3)4/h5-9H,3-4H2,1-2H3;(H3,2,3,4). The lowest BCUT2D eigenvalue weighted by molar-refractivity contribution is 0.164. The van der Waals surface area contributed by atoms with E-state index in [0.29, 0.717) is 13.1 Å². The van der Waals surface area contributed by atoms with E-state index < -0.39 is 0 Å². The summed E-state index contributed by atoms with van der Waals surface area (Å²) in [5.74, 6) is 0. The Kier molecular flexibility index (Phi) is 12.2. The first-order chi connectivity index (χ1) is 5.86. The van der Waals surface area contributed by atoms with Gasteiger partial charge in [-0.15, -0.1) is 12.6 Å². The molecule has 0 saturated carbocycles. The van der Waals surface area contributed by atoms with Crippen LogP contribution in [0.15, 0.2) is 0 Å². The summed E-state index contributed by atoms with van der Waals surface area (Å²) in [4.78, 5) is 0. The Morgan fingerprint density at radius 1 is 1.38 bits per heavy atom. The first-order valence-electron chi connectivity index (χ1n) is 3.91. The van der Waals surface area contributed by atoms with Crippen LogP contribution in [0.5, 0.6) is 0 Å². The quantitative estimate of drug-likeness (QED) is 0.330. The fourth-order valence-electron chi connectivity index (χ4n) is 0.501. The maximum Gasteiger partial charge on any atom is 0.128 e. The van der Waals surface area contributed by atoms with E-state index in [1.807, 2.05) is 0 Å². The summed E-state index contributed by atoms with van der Waals surface area (Å²) in [7, 11) is 0. The predicted molar refractivity (Wildman–Crippen MR) is 62.0 cm³/mol. The highest BCUT2D eigenvalue weighted by molar-refractivity contribution is 8.10. The molecule has 0 aromatic rings. The van der Waals surface area contributed by atoms with E-state index >= 15 is 0 Å². The molecule has 6 heteroatoms. The molecule has 0 saturated heterocycles. The van der Waals surface area contributed by atoms with Gasteiger partial charge in [-0.2, -0.15) is 0 Å². The van der Waals surface area contributed by atoms with E-state index in [9.17, 15) is 0 Å². The summed E-state index contributed by atoms with van der Waals surface area (Å²) in [5.41, 5.74) is 4.71. The number of thiocarbonyl (C=S) groups is 1. The van der Waals surface area contributed by atoms with Crippen molar-refractivity contribution in [2.24, 2.45) is 5.73 Å². The molecule has 13 heavy (non-hydrogen) atoms. The van der Waals surface area contributed by atoms with E-state index in [2.05, 4.69) is 30.2 Å². The van der Waals surface area contributed by atoms with Crippen molar-refractivity contribution in [3.05, 3.63) is 0 Å². The second-order valence-electron chi connectivity index (χ2n) is 2.69. The average Bonchev–Trinajstić information content (AvgIpc) is 1.83. The number of aliphatic hydroxyl groups excluding tert-OH is 2.